The summed E-state index contributed by atoms with van der Waals surface area (Å²) in [6, 6.07) is 0. The Morgan fingerprint density at radius 3 is 1.86 bits per heavy atom. The van der Waals surface area contributed by atoms with Gasteiger partial charge < -0.3 is 4.74 Å². The van der Waals surface area contributed by atoms with Gasteiger partial charge in [-0.15, -0.1) is 0 Å². The summed E-state index contributed by atoms with van der Waals surface area (Å²) in [6.45, 7) is -1.61. The number of alkyl halides is 2. The van der Waals surface area contributed by atoms with Crippen LogP contribution in [0, 0.1) is 7.11 Å². The van der Waals surface area contributed by atoms with Crippen LogP contribution in [0.1, 0.15) is 0 Å². The van der Waals surface area contributed by atoms with Crippen LogP contribution in [0.15, 0.2) is 0 Å². The van der Waals surface area contributed by atoms with Crippen LogP contribution in [0.3, 0.4) is 0 Å². The zero-order chi connectivity index (χ0) is 5.70. The molecule has 0 saturated carbocycles. The van der Waals surface area contributed by atoms with Gasteiger partial charge in [0.05, 0.1) is 7.11 Å². The second-order valence-corrected chi connectivity index (χ2v) is 1.10. The zero-order valence-corrected chi connectivity index (χ0v) is 3.86. The first-order valence-corrected chi connectivity index (χ1v) is 1.88. The van der Waals surface area contributed by atoms with E-state index in [-0.39, 0.29) is 0 Å². The zero-order valence-electron chi connectivity index (χ0n) is 3.86. The standard InChI is InChI=1S/C4H7F2O/c1-7-4(2-5)3-6/h4H,1-3H2. The summed E-state index contributed by atoms with van der Waals surface area (Å²) in [7, 11) is 2.85. The summed E-state index contributed by atoms with van der Waals surface area (Å²) < 4.78 is 26.6. The molecule has 1 radical (unpaired) electrons. The fraction of sp³-hybridized carbons (Fsp3) is 0.750. The molecule has 0 bridgehead atoms. The molecule has 0 aromatic heterocycles. The van der Waals surface area contributed by atoms with Crippen LogP contribution in [-0.4, -0.2) is 19.5 Å². The van der Waals surface area contributed by atoms with Crippen LogP contribution in [0.2, 0.25) is 0 Å². The molecule has 0 fully saturated rings. The first-order valence-electron chi connectivity index (χ1n) is 1.88. The van der Waals surface area contributed by atoms with E-state index in [2.05, 4.69) is 11.8 Å². The van der Waals surface area contributed by atoms with Crippen molar-refractivity contribution in [2.24, 2.45) is 0 Å². The highest BCUT2D eigenvalue weighted by molar-refractivity contribution is 4.50. The number of halogens is 2. The molecule has 0 atom stereocenters. The maximum absolute atomic E-state index is 11.3. The second kappa shape index (κ2) is 3.99. The molecule has 43 valence electrons. The molecule has 0 rings (SSSR count). The van der Waals surface area contributed by atoms with Gasteiger partial charge in [0.25, 0.3) is 0 Å². The normalized spacial score (nSPS) is 10.3. The summed E-state index contributed by atoms with van der Waals surface area (Å²) >= 11 is 0. The Morgan fingerprint density at radius 2 is 1.86 bits per heavy atom. The third kappa shape index (κ3) is 2.51. The molecule has 0 aromatic rings. The predicted octanol–water partition coefficient (Wildman–Crippen LogP) is 1.10. The first kappa shape index (κ1) is 6.82. The molecule has 7 heavy (non-hydrogen) atoms. The third-order valence-electron chi connectivity index (χ3n) is 0.580. The molecule has 3 heteroatoms. The lowest BCUT2D eigenvalue weighted by atomic mass is 10.4. The summed E-state index contributed by atoms with van der Waals surface area (Å²) in [6.07, 6.45) is -0.958. The molecule has 0 amide bonds. The van der Waals surface area contributed by atoms with Crippen LogP contribution < -0.4 is 0 Å². The van der Waals surface area contributed by atoms with Crippen molar-refractivity contribution in [3.05, 3.63) is 7.11 Å². The summed E-state index contributed by atoms with van der Waals surface area (Å²) in [5.41, 5.74) is 0. The van der Waals surface area contributed by atoms with Gasteiger partial charge in [-0.05, 0) is 0 Å². The van der Waals surface area contributed by atoms with Gasteiger partial charge in [-0.2, -0.15) is 0 Å². The lowest BCUT2D eigenvalue weighted by Gasteiger charge is -2.02. The average Bonchev–Trinajstić information content (AvgIpc) is 1.72. The van der Waals surface area contributed by atoms with Crippen molar-refractivity contribution in [2.45, 2.75) is 6.10 Å². The van der Waals surface area contributed by atoms with E-state index >= 15 is 0 Å². The summed E-state index contributed by atoms with van der Waals surface area (Å²) in [5.74, 6) is 0. The van der Waals surface area contributed by atoms with E-state index in [1.807, 2.05) is 0 Å². The van der Waals surface area contributed by atoms with Crippen LogP contribution >= 0.6 is 0 Å². The molecular formula is C4H7F2O. The lowest BCUT2D eigenvalue weighted by molar-refractivity contribution is 0.0856. The maximum atomic E-state index is 11.3. The number of hydrogen-bond acceptors (Lipinski definition) is 1. The van der Waals surface area contributed by atoms with E-state index in [1.54, 1.807) is 0 Å². The van der Waals surface area contributed by atoms with E-state index in [1.165, 1.54) is 0 Å². The number of hydrogen-bond donors (Lipinski definition) is 0. The molecule has 0 aliphatic carbocycles. The van der Waals surface area contributed by atoms with Gasteiger partial charge in [-0.1, -0.05) is 0 Å². The minimum atomic E-state index is -0.958. The average molecular weight is 109 g/mol. The molecule has 0 aliphatic rings. The number of ether oxygens (including phenoxy) is 1. The molecule has 0 unspecified atom stereocenters. The van der Waals surface area contributed by atoms with E-state index in [4.69, 9.17) is 0 Å². The van der Waals surface area contributed by atoms with Gasteiger partial charge in [0.1, 0.15) is 19.5 Å². The van der Waals surface area contributed by atoms with Gasteiger partial charge >= 0.3 is 0 Å². The highest BCUT2D eigenvalue weighted by Crippen LogP contribution is 1.90. The maximum Gasteiger partial charge on any atom is 0.118 e. The fourth-order valence-corrected chi connectivity index (χ4v) is 0.130. The Hall–Kier alpha value is -0.180. The van der Waals surface area contributed by atoms with E-state index in [0.717, 1.165) is 0 Å². The third-order valence-corrected chi connectivity index (χ3v) is 0.580. The highest BCUT2D eigenvalue weighted by atomic mass is 19.1. The Morgan fingerprint density at radius 1 is 1.43 bits per heavy atom. The Kier molecular flexibility index (Phi) is 3.89. The predicted molar refractivity (Wildman–Crippen MR) is 22.2 cm³/mol. The highest BCUT2D eigenvalue weighted by Gasteiger charge is 2.02. The smallest absolute Gasteiger partial charge is 0.118 e. The molecule has 1 nitrogen and oxygen atoms in total. The molecule has 0 spiro atoms. The van der Waals surface area contributed by atoms with Gasteiger partial charge in [0.2, 0.25) is 0 Å². The quantitative estimate of drug-likeness (QED) is 0.527. The van der Waals surface area contributed by atoms with Gasteiger partial charge in [0, 0.05) is 0 Å². The summed E-state index contributed by atoms with van der Waals surface area (Å²) in [4.78, 5) is 0. The van der Waals surface area contributed by atoms with Crippen molar-refractivity contribution in [1.29, 1.82) is 0 Å². The van der Waals surface area contributed by atoms with Crippen LogP contribution in [0.4, 0.5) is 8.78 Å². The van der Waals surface area contributed by atoms with Crippen LogP contribution in [0.5, 0.6) is 0 Å². The van der Waals surface area contributed by atoms with Gasteiger partial charge in [0.15, 0.2) is 0 Å². The Balaban J connectivity index is 2.99. The largest absolute Gasteiger partial charge is 0.370 e. The van der Waals surface area contributed by atoms with Crippen molar-refractivity contribution in [2.75, 3.05) is 13.3 Å². The Bertz CT molecular complexity index is 31.2. The van der Waals surface area contributed by atoms with Crippen molar-refractivity contribution in [3.8, 4) is 0 Å². The minimum absolute atomic E-state index is 0.806. The van der Waals surface area contributed by atoms with E-state index in [0.29, 0.717) is 0 Å². The van der Waals surface area contributed by atoms with Gasteiger partial charge in [-0.25, -0.2) is 8.78 Å². The van der Waals surface area contributed by atoms with Crippen molar-refractivity contribution in [1.82, 2.24) is 0 Å². The lowest BCUT2D eigenvalue weighted by Crippen LogP contribution is -2.13. The molecular weight excluding hydrogens is 102 g/mol. The van der Waals surface area contributed by atoms with Crippen LogP contribution in [-0.2, 0) is 4.74 Å². The van der Waals surface area contributed by atoms with Crippen molar-refractivity contribution >= 4 is 0 Å². The molecule has 0 aliphatic heterocycles. The van der Waals surface area contributed by atoms with Crippen LogP contribution in [0.25, 0.3) is 0 Å². The summed E-state index contributed by atoms with van der Waals surface area (Å²) in [5, 5.41) is 0. The van der Waals surface area contributed by atoms with Crippen molar-refractivity contribution in [3.63, 3.8) is 0 Å². The molecule has 0 N–H and O–H groups in total. The minimum Gasteiger partial charge on any atom is -0.370 e. The Labute approximate surface area is 41.3 Å². The van der Waals surface area contributed by atoms with Crippen molar-refractivity contribution < 1.29 is 13.5 Å². The monoisotopic (exact) mass is 109 g/mol. The first-order chi connectivity index (χ1) is 3.35. The topological polar surface area (TPSA) is 9.23 Å². The number of rotatable bonds is 3. The fourth-order valence-electron chi connectivity index (χ4n) is 0.130. The van der Waals surface area contributed by atoms with E-state index < -0.39 is 19.5 Å². The molecule has 0 heterocycles. The van der Waals surface area contributed by atoms with E-state index in [9.17, 15) is 8.78 Å². The second-order valence-electron chi connectivity index (χ2n) is 1.10. The molecule has 0 aromatic carbocycles. The molecule has 0 saturated heterocycles. The SMILES string of the molecule is [CH2]OC(CF)CF. The van der Waals surface area contributed by atoms with Gasteiger partial charge in [-0.3, -0.25) is 0 Å².